The summed E-state index contributed by atoms with van der Waals surface area (Å²) in [6.45, 7) is 1.97. The molecule has 0 aliphatic carbocycles. The molecule has 13 nitrogen and oxygen atoms in total. The SMILES string of the molecule is CC[C@H]1CCC[C@H](NC(=O)/C=C/c2cc(Cl)ccc2-n2cnnn2)c2ncc([nH]2)-c2ccc(NC(=O)OC)cc2NC1=O. The summed E-state index contributed by atoms with van der Waals surface area (Å²) < 4.78 is 6.18. The van der Waals surface area contributed by atoms with Crippen LogP contribution in [0, 0.1) is 5.92 Å². The van der Waals surface area contributed by atoms with Crippen molar-refractivity contribution in [1.29, 1.82) is 0 Å². The molecule has 4 aromatic rings. The summed E-state index contributed by atoms with van der Waals surface area (Å²) >= 11 is 6.21. The number of amides is 3. The molecule has 0 unspecified atom stereocenters. The first kappa shape index (κ1) is 29.5. The number of hydrogen-bond acceptors (Lipinski definition) is 8. The number of methoxy groups -OCH3 is 1. The largest absolute Gasteiger partial charge is 0.453 e. The number of imidazole rings is 1. The molecule has 43 heavy (non-hydrogen) atoms. The van der Waals surface area contributed by atoms with Crippen molar-refractivity contribution in [3.63, 3.8) is 0 Å². The third kappa shape index (κ3) is 7.07. The van der Waals surface area contributed by atoms with E-state index in [2.05, 4.69) is 41.4 Å². The van der Waals surface area contributed by atoms with E-state index in [4.69, 9.17) is 16.3 Å². The average Bonchev–Trinajstić information content (AvgIpc) is 3.71. The van der Waals surface area contributed by atoms with Gasteiger partial charge >= 0.3 is 6.09 Å². The Hall–Kier alpha value is -5.04. The van der Waals surface area contributed by atoms with E-state index >= 15 is 0 Å². The lowest BCUT2D eigenvalue weighted by Crippen LogP contribution is -2.28. The second kappa shape index (κ2) is 13.3. The van der Waals surface area contributed by atoms with Gasteiger partial charge in [0.05, 0.1) is 36.4 Å². The van der Waals surface area contributed by atoms with Crippen LogP contribution in [0.1, 0.15) is 50.0 Å². The molecule has 2 aromatic carbocycles. The zero-order valence-electron chi connectivity index (χ0n) is 23.5. The van der Waals surface area contributed by atoms with E-state index in [1.54, 1.807) is 48.7 Å². The number of aromatic amines is 1. The van der Waals surface area contributed by atoms with E-state index in [9.17, 15) is 14.4 Å². The molecule has 1 aliphatic rings. The van der Waals surface area contributed by atoms with E-state index < -0.39 is 12.1 Å². The lowest BCUT2D eigenvalue weighted by Gasteiger charge is -2.21. The number of tetrazole rings is 1. The van der Waals surface area contributed by atoms with E-state index in [1.165, 1.54) is 24.2 Å². The normalized spacial score (nSPS) is 16.9. The summed E-state index contributed by atoms with van der Waals surface area (Å²) in [6.07, 6.45) is 8.06. The Morgan fingerprint density at radius 3 is 2.84 bits per heavy atom. The van der Waals surface area contributed by atoms with Gasteiger partial charge in [0.25, 0.3) is 0 Å². The molecule has 2 bridgehead atoms. The van der Waals surface area contributed by atoms with E-state index in [0.717, 1.165) is 0 Å². The highest BCUT2D eigenvalue weighted by atomic mass is 35.5. The topological polar surface area (TPSA) is 169 Å². The number of fused-ring (bicyclic) bond motifs is 4. The van der Waals surface area contributed by atoms with Crippen LogP contribution in [0.15, 0.2) is 55.0 Å². The van der Waals surface area contributed by atoms with Gasteiger partial charge in [-0.05, 0) is 72.2 Å². The first-order valence-electron chi connectivity index (χ1n) is 13.7. The van der Waals surface area contributed by atoms with Crippen LogP contribution in [-0.4, -0.2) is 55.2 Å². The number of anilines is 2. The van der Waals surface area contributed by atoms with Crippen molar-refractivity contribution < 1.29 is 19.1 Å². The lowest BCUT2D eigenvalue weighted by molar-refractivity contribution is -0.120. The molecule has 3 heterocycles. The molecular weight excluding hydrogens is 574 g/mol. The number of halogens is 1. The molecule has 0 saturated carbocycles. The third-order valence-corrected chi connectivity index (χ3v) is 7.39. The minimum atomic E-state index is -0.621. The van der Waals surface area contributed by atoms with Gasteiger partial charge in [0.1, 0.15) is 12.2 Å². The predicted molar refractivity (Wildman–Crippen MR) is 160 cm³/mol. The number of nitrogens with one attached hydrogen (secondary N) is 4. The zero-order chi connectivity index (χ0) is 30.3. The third-order valence-electron chi connectivity index (χ3n) is 7.15. The zero-order valence-corrected chi connectivity index (χ0v) is 24.3. The molecule has 0 radical (unpaired) electrons. The maximum atomic E-state index is 13.2. The van der Waals surface area contributed by atoms with Crippen LogP contribution in [0.5, 0.6) is 0 Å². The molecule has 5 rings (SSSR count). The lowest BCUT2D eigenvalue weighted by atomic mass is 9.95. The van der Waals surface area contributed by atoms with E-state index in [0.29, 0.717) is 70.4 Å². The van der Waals surface area contributed by atoms with Crippen molar-refractivity contribution in [2.45, 2.75) is 38.6 Å². The van der Waals surface area contributed by atoms with Crippen molar-refractivity contribution in [3.05, 3.63) is 71.4 Å². The van der Waals surface area contributed by atoms with Crippen molar-refractivity contribution in [3.8, 4) is 16.9 Å². The number of rotatable bonds is 6. The summed E-state index contributed by atoms with van der Waals surface area (Å²) in [6, 6.07) is 9.91. The Morgan fingerprint density at radius 2 is 2.07 bits per heavy atom. The first-order chi connectivity index (χ1) is 20.8. The fraction of sp³-hybridized carbons (Fsp3) is 0.276. The monoisotopic (exact) mass is 603 g/mol. The van der Waals surface area contributed by atoms with Crippen molar-refractivity contribution in [2.75, 3.05) is 17.7 Å². The van der Waals surface area contributed by atoms with Crippen LogP contribution in [0.2, 0.25) is 5.02 Å². The molecule has 1 aliphatic heterocycles. The maximum Gasteiger partial charge on any atom is 0.411 e. The molecular formula is C29H30ClN9O4. The summed E-state index contributed by atoms with van der Waals surface area (Å²) in [5.74, 6) is -0.115. The number of ether oxygens (including phenoxy) is 1. The standard InChI is InChI=1S/C29H30ClN9O4/c1-3-17-5-4-6-22(34-26(40)12-7-18-13-19(30)8-11-25(18)39-16-32-37-38-39)27-31-15-24(35-27)21-10-9-20(33-29(42)43-2)14-23(21)36-28(17)41/h7-17,22H,3-6H2,1-2H3,(H,31,35)(H,33,42)(H,34,40)(H,36,41)/b12-7+/t17-,22-/m0/s1. The Bertz CT molecular complexity index is 1650. The molecule has 2 atom stereocenters. The fourth-order valence-corrected chi connectivity index (χ4v) is 5.09. The second-order valence-electron chi connectivity index (χ2n) is 9.94. The number of nitrogens with zero attached hydrogens (tertiary/aromatic N) is 5. The van der Waals surface area contributed by atoms with Crippen LogP contribution in [0.3, 0.4) is 0 Å². The molecule has 4 N–H and O–H groups in total. The molecule has 2 aromatic heterocycles. The maximum absolute atomic E-state index is 13.2. The van der Waals surface area contributed by atoms with Gasteiger partial charge in [0, 0.05) is 33.8 Å². The number of hydrogen-bond donors (Lipinski definition) is 4. The Labute approximate surface area is 252 Å². The van der Waals surface area contributed by atoms with Crippen LogP contribution >= 0.6 is 11.6 Å². The number of benzene rings is 2. The van der Waals surface area contributed by atoms with E-state index in [-0.39, 0.29) is 17.7 Å². The number of carbonyl (C=O) groups excluding carboxylic acids is 3. The van der Waals surface area contributed by atoms with Gasteiger partial charge in [-0.25, -0.2) is 9.78 Å². The Balaban J connectivity index is 1.42. The molecule has 0 spiro atoms. The summed E-state index contributed by atoms with van der Waals surface area (Å²) in [5, 5.41) is 20.5. The van der Waals surface area contributed by atoms with Crippen LogP contribution in [-0.2, 0) is 14.3 Å². The second-order valence-corrected chi connectivity index (χ2v) is 10.4. The molecule has 0 saturated heterocycles. The fourth-order valence-electron chi connectivity index (χ4n) is 4.91. The molecule has 3 amide bonds. The van der Waals surface area contributed by atoms with Gasteiger partial charge in [0.2, 0.25) is 11.8 Å². The van der Waals surface area contributed by atoms with Gasteiger partial charge in [-0.15, -0.1) is 5.10 Å². The Kier molecular flexibility index (Phi) is 9.11. The summed E-state index contributed by atoms with van der Waals surface area (Å²) in [4.78, 5) is 46.0. The quantitative estimate of drug-likeness (QED) is 0.225. The van der Waals surface area contributed by atoms with Gasteiger partial charge in [-0.2, -0.15) is 4.68 Å². The van der Waals surface area contributed by atoms with Gasteiger partial charge in [-0.1, -0.05) is 24.9 Å². The van der Waals surface area contributed by atoms with Gasteiger partial charge in [0.15, 0.2) is 0 Å². The average molecular weight is 604 g/mol. The van der Waals surface area contributed by atoms with E-state index in [1.807, 2.05) is 6.92 Å². The van der Waals surface area contributed by atoms with Crippen LogP contribution < -0.4 is 16.0 Å². The van der Waals surface area contributed by atoms with Crippen LogP contribution in [0.4, 0.5) is 16.2 Å². The number of carbonyl (C=O) groups is 3. The minimum Gasteiger partial charge on any atom is -0.453 e. The minimum absolute atomic E-state index is 0.122. The molecule has 222 valence electrons. The highest BCUT2D eigenvalue weighted by Crippen LogP contribution is 2.33. The highest BCUT2D eigenvalue weighted by molar-refractivity contribution is 6.30. The Morgan fingerprint density at radius 1 is 1.21 bits per heavy atom. The van der Waals surface area contributed by atoms with Crippen molar-refractivity contribution in [2.24, 2.45) is 5.92 Å². The smallest absolute Gasteiger partial charge is 0.411 e. The molecule has 14 heteroatoms. The first-order valence-corrected chi connectivity index (χ1v) is 14.1. The van der Waals surface area contributed by atoms with Crippen molar-refractivity contribution in [1.82, 2.24) is 35.5 Å². The van der Waals surface area contributed by atoms with Crippen molar-refractivity contribution >= 4 is 47.0 Å². The number of H-pyrrole nitrogens is 1. The highest BCUT2D eigenvalue weighted by Gasteiger charge is 2.24. The van der Waals surface area contributed by atoms with Gasteiger partial charge < -0.3 is 20.4 Å². The van der Waals surface area contributed by atoms with Gasteiger partial charge in [-0.3, -0.25) is 14.9 Å². The predicted octanol–water partition coefficient (Wildman–Crippen LogP) is 4.90. The molecule has 0 fully saturated rings. The summed E-state index contributed by atoms with van der Waals surface area (Å²) in [5.41, 5.74) is 3.61. The van der Waals surface area contributed by atoms with Crippen LogP contribution in [0.25, 0.3) is 23.0 Å². The number of aromatic nitrogens is 6. The summed E-state index contributed by atoms with van der Waals surface area (Å²) in [7, 11) is 1.28.